The molecule has 0 spiro atoms. The molecule has 5 rings (SSSR count). The Bertz CT molecular complexity index is 942. The highest BCUT2D eigenvalue weighted by Gasteiger charge is 2.52. The van der Waals surface area contributed by atoms with Gasteiger partial charge in [-0.25, -0.2) is 13.9 Å². The van der Waals surface area contributed by atoms with Gasteiger partial charge in [0.25, 0.3) is 0 Å². The summed E-state index contributed by atoms with van der Waals surface area (Å²) in [7, 11) is 0. The van der Waals surface area contributed by atoms with E-state index in [0.29, 0.717) is 30.3 Å². The molecule has 1 saturated carbocycles. The normalized spacial score (nSPS) is 28.7. The van der Waals surface area contributed by atoms with Gasteiger partial charge in [-0.2, -0.15) is 0 Å². The van der Waals surface area contributed by atoms with Gasteiger partial charge in [0.1, 0.15) is 18.2 Å². The number of amides is 1. The van der Waals surface area contributed by atoms with Gasteiger partial charge in [-0.05, 0) is 42.0 Å². The zero-order valence-electron chi connectivity index (χ0n) is 14.4. The van der Waals surface area contributed by atoms with Crippen LogP contribution in [-0.4, -0.2) is 40.0 Å². The van der Waals surface area contributed by atoms with Crippen molar-refractivity contribution in [2.24, 2.45) is 17.8 Å². The molecule has 0 bridgehead atoms. The number of carbonyl (C=O) groups excluding carboxylic acids is 2. The van der Waals surface area contributed by atoms with Crippen LogP contribution in [0.25, 0.3) is 5.57 Å². The SMILES string of the molecule is O=CC1C2C=C(c3ccc(N4C[C@H](Cn5ccnn5)OC4=O)cc3F)CC12. The van der Waals surface area contributed by atoms with Crippen molar-refractivity contribution in [1.82, 2.24) is 15.0 Å². The first-order chi connectivity index (χ1) is 13.1. The van der Waals surface area contributed by atoms with Crippen LogP contribution in [0.1, 0.15) is 12.0 Å². The Kier molecular flexibility index (Phi) is 3.60. The third kappa shape index (κ3) is 2.72. The molecule has 2 heterocycles. The first kappa shape index (κ1) is 16.2. The fourth-order valence-electron chi connectivity index (χ4n) is 4.18. The second kappa shape index (κ2) is 6.00. The highest BCUT2D eigenvalue weighted by molar-refractivity contribution is 5.90. The number of aldehydes is 1. The smallest absolute Gasteiger partial charge is 0.414 e. The number of allylic oxidation sites excluding steroid dienone is 2. The summed E-state index contributed by atoms with van der Waals surface area (Å²) in [5.41, 5.74) is 1.96. The van der Waals surface area contributed by atoms with E-state index in [1.807, 2.05) is 6.08 Å². The maximum atomic E-state index is 14.7. The lowest BCUT2D eigenvalue weighted by atomic mass is 10.00. The van der Waals surface area contributed by atoms with Crippen molar-refractivity contribution in [2.45, 2.75) is 19.1 Å². The molecule has 7 nitrogen and oxygen atoms in total. The molecule has 1 amide bonds. The van der Waals surface area contributed by atoms with Crippen LogP contribution in [0.15, 0.2) is 36.7 Å². The Hall–Kier alpha value is -3.03. The van der Waals surface area contributed by atoms with E-state index in [9.17, 15) is 14.0 Å². The Morgan fingerprint density at radius 1 is 1.37 bits per heavy atom. The van der Waals surface area contributed by atoms with Crippen LogP contribution >= 0.6 is 0 Å². The van der Waals surface area contributed by atoms with E-state index < -0.39 is 6.09 Å². The third-order valence-electron chi connectivity index (χ3n) is 5.65. The number of carbonyl (C=O) groups is 2. The van der Waals surface area contributed by atoms with Crippen molar-refractivity contribution < 1.29 is 18.7 Å². The molecule has 27 heavy (non-hydrogen) atoms. The molecule has 2 aromatic rings. The quantitative estimate of drug-likeness (QED) is 0.757. The lowest BCUT2D eigenvalue weighted by molar-refractivity contribution is -0.109. The second-order valence-electron chi connectivity index (χ2n) is 7.26. The molecule has 8 heteroatoms. The largest absolute Gasteiger partial charge is 0.442 e. The van der Waals surface area contributed by atoms with E-state index in [0.717, 1.165) is 18.3 Å². The van der Waals surface area contributed by atoms with Gasteiger partial charge in [-0.3, -0.25) is 4.90 Å². The Balaban J connectivity index is 1.31. The zero-order chi connectivity index (χ0) is 18.5. The molecule has 1 aromatic carbocycles. The first-order valence-corrected chi connectivity index (χ1v) is 8.92. The lowest BCUT2D eigenvalue weighted by Crippen LogP contribution is -2.26. The Morgan fingerprint density at radius 2 is 2.26 bits per heavy atom. The third-order valence-corrected chi connectivity index (χ3v) is 5.65. The van der Waals surface area contributed by atoms with Gasteiger partial charge in [0.2, 0.25) is 0 Å². The summed E-state index contributed by atoms with van der Waals surface area (Å²) >= 11 is 0. The number of cyclic esters (lactones) is 1. The summed E-state index contributed by atoms with van der Waals surface area (Å²) in [4.78, 5) is 24.5. The number of anilines is 1. The van der Waals surface area contributed by atoms with Crippen LogP contribution in [0.2, 0.25) is 0 Å². The first-order valence-electron chi connectivity index (χ1n) is 8.92. The average molecular weight is 368 g/mol. The predicted octanol–water partition coefficient (Wildman–Crippen LogP) is 2.29. The summed E-state index contributed by atoms with van der Waals surface area (Å²) in [5, 5.41) is 7.58. The summed E-state index contributed by atoms with van der Waals surface area (Å²) in [6.45, 7) is 0.724. The fraction of sp³-hybridized carbons (Fsp3) is 0.368. The molecule has 138 valence electrons. The van der Waals surface area contributed by atoms with Gasteiger partial charge in [0.05, 0.1) is 25.0 Å². The van der Waals surface area contributed by atoms with Crippen LogP contribution in [0.3, 0.4) is 0 Å². The number of benzene rings is 1. The minimum Gasteiger partial charge on any atom is -0.442 e. The van der Waals surface area contributed by atoms with E-state index >= 15 is 0 Å². The number of ether oxygens (including phenoxy) is 1. The van der Waals surface area contributed by atoms with Crippen molar-refractivity contribution in [3.63, 3.8) is 0 Å². The van der Waals surface area contributed by atoms with Crippen molar-refractivity contribution in [3.05, 3.63) is 48.0 Å². The average Bonchev–Trinajstić information content (AvgIpc) is 3.11. The molecule has 3 aliphatic rings. The van der Waals surface area contributed by atoms with Crippen LogP contribution in [0.5, 0.6) is 0 Å². The molecule has 1 aromatic heterocycles. The minimum atomic E-state index is -0.498. The summed E-state index contributed by atoms with van der Waals surface area (Å²) in [5.74, 6) is 0.345. The fourth-order valence-corrected chi connectivity index (χ4v) is 4.18. The monoisotopic (exact) mass is 368 g/mol. The summed E-state index contributed by atoms with van der Waals surface area (Å²) in [6.07, 6.45) is 6.13. The van der Waals surface area contributed by atoms with Crippen LogP contribution in [-0.2, 0) is 16.1 Å². The van der Waals surface area contributed by atoms with Crippen LogP contribution in [0.4, 0.5) is 14.9 Å². The molecule has 0 radical (unpaired) electrons. The minimum absolute atomic E-state index is 0.109. The molecular formula is C19H17FN4O3. The van der Waals surface area contributed by atoms with Crippen molar-refractivity contribution >= 4 is 23.6 Å². The molecule has 2 fully saturated rings. The zero-order valence-corrected chi connectivity index (χ0v) is 14.4. The maximum Gasteiger partial charge on any atom is 0.414 e. The Labute approximate surface area is 154 Å². The second-order valence-corrected chi connectivity index (χ2v) is 7.26. The molecule has 4 atom stereocenters. The number of halogens is 1. The highest BCUT2D eigenvalue weighted by Crippen LogP contribution is 2.57. The van der Waals surface area contributed by atoms with E-state index in [1.165, 1.54) is 11.0 Å². The van der Waals surface area contributed by atoms with Gasteiger partial charge in [-0.15, -0.1) is 5.10 Å². The van der Waals surface area contributed by atoms with Gasteiger partial charge in [-0.1, -0.05) is 11.3 Å². The molecule has 3 unspecified atom stereocenters. The van der Waals surface area contributed by atoms with Gasteiger partial charge < -0.3 is 9.53 Å². The number of rotatable bonds is 5. The molecule has 0 N–H and O–H groups in total. The number of hydrogen-bond donors (Lipinski definition) is 0. The van der Waals surface area contributed by atoms with E-state index in [-0.39, 0.29) is 23.8 Å². The highest BCUT2D eigenvalue weighted by atomic mass is 19.1. The maximum absolute atomic E-state index is 14.7. The van der Waals surface area contributed by atoms with E-state index in [1.54, 1.807) is 29.2 Å². The van der Waals surface area contributed by atoms with E-state index in [4.69, 9.17) is 4.74 Å². The van der Waals surface area contributed by atoms with Gasteiger partial charge in [0, 0.05) is 17.7 Å². The van der Waals surface area contributed by atoms with Crippen molar-refractivity contribution in [1.29, 1.82) is 0 Å². The van der Waals surface area contributed by atoms with Crippen molar-refractivity contribution in [2.75, 3.05) is 11.4 Å². The lowest BCUT2D eigenvalue weighted by Gasteiger charge is -2.15. The van der Waals surface area contributed by atoms with Crippen LogP contribution in [0, 0.1) is 23.6 Å². The Morgan fingerprint density at radius 3 is 2.93 bits per heavy atom. The standard InChI is InChI=1S/C19H17FN4O3/c20-18-7-12(1-2-14(18)11-5-15-16(6-11)17(15)10-25)24-9-13(27-19(24)26)8-23-4-3-21-22-23/h1-5,7,10,13,15-17H,6,8-9H2/t13-,15?,16?,17?/m0/s1. The van der Waals surface area contributed by atoms with Gasteiger partial charge >= 0.3 is 6.09 Å². The number of hydrogen-bond acceptors (Lipinski definition) is 5. The van der Waals surface area contributed by atoms with E-state index in [2.05, 4.69) is 10.3 Å². The topological polar surface area (TPSA) is 77.3 Å². The molecule has 1 aliphatic heterocycles. The number of fused-ring (bicyclic) bond motifs is 1. The summed E-state index contributed by atoms with van der Waals surface area (Å²) < 4.78 is 21.6. The van der Waals surface area contributed by atoms with Gasteiger partial charge in [0.15, 0.2) is 0 Å². The van der Waals surface area contributed by atoms with Crippen LogP contribution < -0.4 is 4.90 Å². The number of nitrogens with zero attached hydrogens (tertiary/aromatic N) is 4. The predicted molar refractivity (Wildman–Crippen MR) is 93.2 cm³/mol. The summed E-state index contributed by atoms with van der Waals surface area (Å²) in [6, 6.07) is 4.81. The molecule has 2 aliphatic carbocycles. The molecule has 1 saturated heterocycles. The number of aromatic nitrogens is 3. The van der Waals surface area contributed by atoms with Crippen molar-refractivity contribution in [3.8, 4) is 0 Å². The molecular weight excluding hydrogens is 351 g/mol.